The zero-order chi connectivity index (χ0) is 13.2. The first-order valence-corrected chi connectivity index (χ1v) is 6.49. The standard InChI is InChI=1S/C17H16N2/c1-12-3-5-15(6-4-12)17-11-16(13(2)19-17)14-7-9-18-10-8-14/h3-10H,11H2,1-2H3. The topological polar surface area (TPSA) is 25.2 Å². The van der Waals surface area contributed by atoms with E-state index >= 15 is 0 Å². The number of rotatable bonds is 2. The molecule has 19 heavy (non-hydrogen) atoms. The molecule has 1 aromatic carbocycles. The fourth-order valence-electron chi connectivity index (χ4n) is 2.38. The monoisotopic (exact) mass is 248 g/mol. The van der Waals surface area contributed by atoms with Gasteiger partial charge in [0.15, 0.2) is 0 Å². The van der Waals surface area contributed by atoms with Gasteiger partial charge >= 0.3 is 0 Å². The molecular formula is C17H16N2. The zero-order valence-electron chi connectivity index (χ0n) is 11.2. The van der Waals surface area contributed by atoms with Gasteiger partial charge in [-0.15, -0.1) is 0 Å². The highest BCUT2D eigenvalue weighted by atomic mass is 14.8. The van der Waals surface area contributed by atoms with E-state index in [0.717, 1.165) is 17.8 Å². The second-order valence-corrected chi connectivity index (χ2v) is 4.90. The van der Waals surface area contributed by atoms with Crippen LogP contribution in [0.2, 0.25) is 0 Å². The van der Waals surface area contributed by atoms with Crippen molar-refractivity contribution in [2.45, 2.75) is 20.3 Å². The molecule has 1 aromatic heterocycles. The van der Waals surface area contributed by atoms with E-state index in [4.69, 9.17) is 4.99 Å². The minimum absolute atomic E-state index is 0.902. The molecule has 0 fully saturated rings. The number of aryl methyl sites for hydroxylation is 1. The van der Waals surface area contributed by atoms with Crippen LogP contribution in [0.15, 0.2) is 59.5 Å². The van der Waals surface area contributed by atoms with E-state index < -0.39 is 0 Å². The Bertz CT molecular complexity index is 649. The largest absolute Gasteiger partial charge is 0.265 e. The summed E-state index contributed by atoms with van der Waals surface area (Å²) >= 11 is 0. The van der Waals surface area contributed by atoms with E-state index in [0.29, 0.717) is 0 Å². The summed E-state index contributed by atoms with van der Waals surface area (Å²) in [4.78, 5) is 8.79. The molecule has 0 aliphatic carbocycles. The molecule has 2 heteroatoms. The molecule has 0 spiro atoms. The van der Waals surface area contributed by atoms with Gasteiger partial charge in [-0.05, 0) is 42.7 Å². The molecule has 2 nitrogen and oxygen atoms in total. The summed E-state index contributed by atoms with van der Waals surface area (Å²) < 4.78 is 0. The summed E-state index contributed by atoms with van der Waals surface area (Å²) in [7, 11) is 0. The Hall–Kier alpha value is -2.22. The van der Waals surface area contributed by atoms with Crippen molar-refractivity contribution >= 4 is 11.3 Å². The Balaban J connectivity index is 1.88. The van der Waals surface area contributed by atoms with Gasteiger partial charge in [0.1, 0.15) is 0 Å². The van der Waals surface area contributed by atoms with E-state index in [1.807, 2.05) is 24.5 Å². The van der Waals surface area contributed by atoms with Gasteiger partial charge in [0.05, 0.1) is 5.71 Å². The van der Waals surface area contributed by atoms with E-state index in [-0.39, 0.29) is 0 Å². The second-order valence-electron chi connectivity index (χ2n) is 4.90. The molecule has 0 saturated heterocycles. The lowest BCUT2D eigenvalue weighted by Gasteiger charge is -2.04. The number of aliphatic imine (C=N–C) groups is 1. The highest BCUT2D eigenvalue weighted by molar-refractivity contribution is 6.09. The Morgan fingerprint density at radius 2 is 1.53 bits per heavy atom. The third-order valence-electron chi connectivity index (χ3n) is 3.50. The average Bonchev–Trinajstić information content (AvgIpc) is 2.83. The van der Waals surface area contributed by atoms with Crippen molar-refractivity contribution in [1.29, 1.82) is 0 Å². The summed E-state index contributed by atoms with van der Waals surface area (Å²) in [5, 5.41) is 0. The van der Waals surface area contributed by atoms with Gasteiger partial charge in [-0.2, -0.15) is 0 Å². The maximum atomic E-state index is 4.72. The number of nitrogens with zero attached hydrogens (tertiary/aromatic N) is 2. The normalized spacial score (nSPS) is 14.7. The minimum Gasteiger partial charge on any atom is -0.265 e. The summed E-state index contributed by atoms with van der Waals surface area (Å²) in [6.45, 7) is 4.18. The number of hydrogen-bond acceptors (Lipinski definition) is 2. The van der Waals surface area contributed by atoms with Crippen LogP contribution in [-0.2, 0) is 0 Å². The molecule has 0 saturated carbocycles. The van der Waals surface area contributed by atoms with Crippen molar-refractivity contribution in [3.05, 3.63) is 71.2 Å². The Kier molecular flexibility index (Phi) is 3.00. The van der Waals surface area contributed by atoms with Crippen molar-refractivity contribution in [1.82, 2.24) is 4.98 Å². The maximum Gasteiger partial charge on any atom is 0.0523 e. The first-order chi connectivity index (χ1) is 9.24. The molecule has 0 unspecified atom stereocenters. The molecule has 1 aliphatic heterocycles. The van der Waals surface area contributed by atoms with Crippen LogP contribution >= 0.6 is 0 Å². The summed E-state index contributed by atoms with van der Waals surface area (Å²) in [5.41, 5.74) is 7.29. The van der Waals surface area contributed by atoms with Crippen LogP contribution in [0.1, 0.15) is 30.0 Å². The van der Waals surface area contributed by atoms with Gasteiger partial charge < -0.3 is 0 Å². The Labute approximate surface area is 113 Å². The summed E-state index contributed by atoms with van der Waals surface area (Å²) in [6.07, 6.45) is 4.57. The van der Waals surface area contributed by atoms with E-state index in [1.165, 1.54) is 22.3 Å². The molecule has 2 aromatic rings. The molecule has 0 bridgehead atoms. The first kappa shape index (κ1) is 11.8. The van der Waals surface area contributed by atoms with E-state index in [9.17, 15) is 0 Å². The SMILES string of the molecule is CC1=C(c2ccncc2)CC(c2ccc(C)cc2)=N1. The van der Waals surface area contributed by atoms with Crippen LogP contribution in [0.4, 0.5) is 0 Å². The zero-order valence-corrected chi connectivity index (χ0v) is 11.2. The molecule has 2 heterocycles. The highest BCUT2D eigenvalue weighted by Crippen LogP contribution is 2.30. The van der Waals surface area contributed by atoms with Gasteiger partial charge in [0, 0.05) is 24.5 Å². The van der Waals surface area contributed by atoms with Gasteiger partial charge in [0.2, 0.25) is 0 Å². The van der Waals surface area contributed by atoms with Gasteiger partial charge in [-0.25, -0.2) is 0 Å². The second kappa shape index (κ2) is 4.81. The quantitative estimate of drug-likeness (QED) is 0.788. The van der Waals surface area contributed by atoms with Crippen LogP contribution < -0.4 is 0 Å². The van der Waals surface area contributed by atoms with Crippen molar-refractivity contribution < 1.29 is 0 Å². The lowest BCUT2D eigenvalue weighted by atomic mass is 9.98. The molecular weight excluding hydrogens is 232 g/mol. The summed E-state index contributed by atoms with van der Waals surface area (Å²) in [6, 6.07) is 12.7. The molecule has 0 N–H and O–H groups in total. The van der Waals surface area contributed by atoms with Crippen LogP contribution in [0, 0.1) is 6.92 Å². The lowest BCUT2D eigenvalue weighted by molar-refractivity contribution is 1.29. The molecule has 1 aliphatic rings. The first-order valence-electron chi connectivity index (χ1n) is 6.49. The van der Waals surface area contributed by atoms with Gasteiger partial charge in [-0.3, -0.25) is 9.98 Å². The average molecular weight is 248 g/mol. The summed E-state index contributed by atoms with van der Waals surface area (Å²) in [5.74, 6) is 0. The van der Waals surface area contributed by atoms with Crippen LogP contribution in [0.3, 0.4) is 0 Å². The fourth-order valence-corrected chi connectivity index (χ4v) is 2.38. The minimum atomic E-state index is 0.902. The number of pyridine rings is 1. The predicted molar refractivity (Wildman–Crippen MR) is 79.2 cm³/mol. The van der Waals surface area contributed by atoms with Crippen LogP contribution in [0.25, 0.3) is 5.57 Å². The van der Waals surface area contributed by atoms with Crippen LogP contribution in [0.5, 0.6) is 0 Å². The third kappa shape index (κ3) is 2.34. The smallest absolute Gasteiger partial charge is 0.0523 e. The predicted octanol–water partition coefficient (Wildman–Crippen LogP) is 4.01. The van der Waals surface area contributed by atoms with Crippen molar-refractivity contribution in [2.24, 2.45) is 4.99 Å². The molecule has 3 rings (SSSR count). The van der Waals surface area contributed by atoms with E-state index in [2.05, 4.69) is 43.1 Å². The molecule has 94 valence electrons. The van der Waals surface area contributed by atoms with Gasteiger partial charge in [-0.1, -0.05) is 29.8 Å². The van der Waals surface area contributed by atoms with Crippen molar-refractivity contribution in [2.75, 3.05) is 0 Å². The molecule has 0 amide bonds. The van der Waals surface area contributed by atoms with Gasteiger partial charge in [0.25, 0.3) is 0 Å². The van der Waals surface area contributed by atoms with Crippen molar-refractivity contribution in [3.8, 4) is 0 Å². The highest BCUT2D eigenvalue weighted by Gasteiger charge is 2.17. The number of hydrogen-bond donors (Lipinski definition) is 0. The number of aromatic nitrogens is 1. The Morgan fingerprint density at radius 1 is 0.842 bits per heavy atom. The molecule has 0 radical (unpaired) electrons. The number of benzene rings is 1. The third-order valence-corrected chi connectivity index (χ3v) is 3.50. The fraction of sp³-hybridized carbons (Fsp3) is 0.176. The Morgan fingerprint density at radius 3 is 2.21 bits per heavy atom. The maximum absolute atomic E-state index is 4.72. The lowest BCUT2D eigenvalue weighted by Crippen LogP contribution is -1.98. The van der Waals surface area contributed by atoms with E-state index in [1.54, 1.807) is 0 Å². The number of allylic oxidation sites excluding steroid dienone is 2. The van der Waals surface area contributed by atoms with Crippen LogP contribution in [-0.4, -0.2) is 10.7 Å². The molecule has 0 atom stereocenters. The van der Waals surface area contributed by atoms with Crippen molar-refractivity contribution in [3.63, 3.8) is 0 Å².